The second kappa shape index (κ2) is 6.87. The summed E-state index contributed by atoms with van der Waals surface area (Å²) in [6, 6.07) is 7.62. The molecule has 0 aliphatic carbocycles. The largest absolute Gasteiger partial charge is 0.496 e. The molecule has 2 N–H and O–H groups in total. The van der Waals surface area contributed by atoms with E-state index in [4.69, 9.17) is 4.74 Å². The molecule has 0 atom stereocenters. The van der Waals surface area contributed by atoms with Gasteiger partial charge >= 0.3 is 0 Å². The van der Waals surface area contributed by atoms with Crippen LogP contribution < -0.4 is 15.4 Å². The fourth-order valence-electron chi connectivity index (χ4n) is 1.96. The highest BCUT2D eigenvalue weighted by atomic mass is 19.1. The lowest BCUT2D eigenvalue weighted by atomic mass is 10.1. The van der Waals surface area contributed by atoms with E-state index in [1.807, 2.05) is 0 Å². The van der Waals surface area contributed by atoms with Gasteiger partial charge in [-0.25, -0.2) is 8.78 Å². The van der Waals surface area contributed by atoms with Crippen molar-refractivity contribution < 1.29 is 23.1 Å². The highest BCUT2D eigenvalue weighted by molar-refractivity contribution is 6.07. The summed E-state index contributed by atoms with van der Waals surface area (Å²) in [5, 5.41) is 4.68. The molecule has 0 spiro atoms. The van der Waals surface area contributed by atoms with Gasteiger partial charge in [-0.1, -0.05) is 6.07 Å². The van der Waals surface area contributed by atoms with Gasteiger partial charge in [0.1, 0.15) is 23.1 Å². The van der Waals surface area contributed by atoms with E-state index in [0.717, 1.165) is 12.1 Å². The monoisotopic (exact) mass is 320 g/mol. The number of nitrogens with one attached hydrogen (secondary N) is 2. The third-order valence-electron chi connectivity index (χ3n) is 2.97. The summed E-state index contributed by atoms with van der Waals surface area (Å²) in [5.41, 5.74) is -0.164. The standard InChI is InChI=1S/C16H14F2N2O3/c1-9(21)19-10-6-7-14(23-2)11(8-10)16(22)20-15-12(17)4-3-5-13(15)18/h3-8H,1-2H3,(H,19,21)(H,20,22). The molecule has 5 nitrogen and oxygen atoms in total. The summed E-state index contributed by atoms with van der Waals surface area (Å²) in [4.78, 5) is 23.4. The van der Waals surface area contributed by atoms with Crippen LogP contribution in [-0.4, -0.2) is 18.9 Å². The number of hydrogen-bond donors (Lipinski definition) is 2. The number of ether oxygens (including phenoxy) is 1. The fourth-order valence-corrected chi connectivity index (χ4v) is 1.96. The van der Waals surface area contributed by atoms with E-state index in [1.54, 1.807) is 6.07 Å². The summed E-state index contributed by atoms with van der Waals surface area (Å²) >= 11 is 0. The van der Waals surface area contributed by atoms with Crippen LogP contribution in [-0.2, 0) is 4.79 Å². The topological polar surface area (TPSA) is 67.4 Å². The lowest BCUT2D eigenvalue weighted by molar-refractivity contribution is -0.114. The SMILES string of the molecule is COc1ccc(NC(C)=O)cc1C(=O)Nc1c(F)cccc1F. The predicted molar refractivity (Wildman–Crippen MR) is 81.6 cm³/mol. The zero-order chi connectivity index (χ0) is 17.0. The number of para-hydroxylation sites is 1. The maximum absolute atomic E-state index is 13.6. The first-order valence-electron chi connectivity index (χ1n) is 6.63. The average molecular weight is 320 g/mol. The van der Waals surface area contributed by atoms with Crippen LogP contribution in [0.4, 0.5) is 20.2 Å². The third kappa shape index (κ3) is 3.82. The van der Waals surface area contributed by atoms with E-state index >= 15 is 0 Å². The van der Waals surface area contributed by atoms with Gasteiger partial charge in [0.25, 0.3) is 5.91 Å². The smallest absolute Gasteiger partial charge is 0.259 e. The summed E-state index contributed by atoms with van der Waals surface area (Å²) < 4.78 is 32.3. The Hall–Kier alpha value is -2.96. The molecule has 2 aromatic rings. The molecule has 0 aromatic heterocycles. The molecule has 2 aromatic carbocycles. The second-order valence-corrected chi connectivity index (χ2v) is 4.65. The van der Waals surface area contributed by atoms with Crippen molar-refractivity contribution in [3.8, 4) is 5.75 Å². The van der Waals surface area contributed by atoms with Crippen molar-refractivity contribution in [2.45, 2.75) is 6.92 Å². The molecule has 0 aliphatic heterocycles. The Kier molecular flexibility index (Phi) is 4.90. The Labute approximate surface area is 131 Å². The third-order valence-corrected chi connectivity index (χ3v) is 2.97. The molecule has 0 heterocycles. The van der Waals surface area contributed by atoms with Crippen LogP contribution in [0.1, 0.15) is 17.3 Å². The van der Waals surface area contributed by atoms with Gasteiger partial charge < -0.3 is 15.4 Å². The van der Waals surface area contributed by atoms with Gasteiger partial charge in [0.05, 0.1) is 12.7 Å². The first-order chi connectivity index (χ1) is 10.9. The highest BCUT2D eigenvalue weighted by Gasteiger charge is 2.17. The Morgan fingerprint density at radius 1 is 1.04 bits per heavy atom. The number of halogens is 2. The van der Waals surface area contributed by atoms with Crippen LogP contribution in [0.15, 0.2) is 36.4 Å². The summed E-state index contributed by atoms with van der Waals surface area (Å²) in [6.07, 6.45) is 0. The molecule has 0 saturated carbocycles. The van der Waals surface area contributed by atoms with Gasteiger partial charge in [-0.2, -0.15) is 0 Å². The lowest BCUT2D eigenvalue weighted by Gasteiger charge is -2.12. The minimum atomic E-state index is -0.893. The molecule has 0 bridgehead atoms. The lowest BCUT2D eigenvalue weighted by Crippen LogP contribution is -2.16. The van der Waals surface area contributed by atoms with Crippen molar-refractivity contribution in [1.29, 1.82) is 0 Å². The molecule has 0 unspecified atom stereocenters. The molecule has 0 fully saturated rings. The van der Waals surface area contributed by atoms with Gasteiger partial charge in [-0.15, -0.1) is 0 Å². The van der Waals surface area contributed by atoms with Crippen molar-refractivity contribution >= 4 is 23.2 Å². The van der Waals surface area contributed by atoms with Crippen LogP contribution in [0.3, 0.4) is 0 Å². The molecular formula is C16H14F2N2O3. The van der Waals surface area contributed by atoms with E-state index in [2.05, 4.69) is 10.6 Å². The van der Waals surface area contributed by atoms with E-state index in [9.17, 15) is 18.4 Å². The molecule has 0 saturated heterocycles. The fraction of sp³-hybridized carbons (Fsp3) is 0.125. The number of methoxy groups -OCH3 is 1. The molecule has 120 valence electrons. The maximum Gasteiger partial charge on any atom is 0.259 e. The van der Waals surface area contributed by atoms with E-state index in [-0.39, 0.29) is 17.2 Å². The molecule has 23 heavy (non-hydrogen) atoms. The van der Waals surface area contributed by atoms with E-state index in [0.29, 0.717) is 5.69 Å². The van der Waals surface area contributed by atoms with Crippen molar-refractivity contribution in [2.75, 3.05) is 17.7 Å². The first kappa shape index (κ1) is 16.4. The van der Waals surface area contributed by atoms with Gasteiger partial charge in [0.2, 0.25) is 5.91 Å². The summed E-state index contributed by atoms with van der Waals surface area (Å²) in [6.45, 7) is 1.32. The van der Waals surface area contributed by atoms with E-state index < -0.39 is 23.2 Å². The molecule has 0 radical (unpaired) electrons. The summed E-state index contributed by atoms with van der Waals surface area (Å²) in [7, 11) is 1.36. The number of anilines is 2. The van der Waals surface area contributed by atoms with Crippen molar-refractivity contribution in [1.82, 2.24) is 0 Å². The number of hydrogen-bond acceptors (Lipinski definition) is 3. The molecule has 7 heteroatoms. The molecule has 0 aliphatic rings. The number of amides is 2. The van der Waals surface area contributed by atoms with Crippen molar-refractivity contribution in [3.63, 3.8) is 0 Å². The van der Waals surface area contributed by atoms with Crippen molar-refractivity contribution in [2.24, 2.45) is 0 Å². The Bertz CT molecular complexity index is 743. The van der Waals surface area contributed by atoms with Gasteiger partial charge in [0, 0.05) is 12.6 Å². The predicted octanol–water partition coefficient (Wildman–Crippen LogP) is 3.18. The van der Waals surface area contributed by atoms with Gasteiger partial charge in [-0.3, -0.25) is 9.59 Å². The van der Waals surface area contributed by atoms with Crippen LogP contribution in [0, 0.1) is 11.6 Å². The van der Waals surface area contributed by atoms with E-state index in [1.165, 1.54) is 32.2 Å². The van der Waals surface area contributed by atoms with Gasteiger partial charge in [-0.05, 0) is 30.3 Å². The number of carbonyl (C=O) groups is 2. The zero-order valence-electron chi connectivity index (χ0n) is 12.4. The van der Waals surface area contributed by atoms with Crippen LogP contribution in [0.25, 0.3) is 0 Å². The quantitative estimate of drug-likeness (QED) is 0.909. The minimum absolute atomic E-state index is 0.0291. The molecule has 2 rings (SSSR count). The highest BCUT2D eigenvalue weighted by Crippen LogP contribution is 2.25. The molecular weight excluding hydrogens is 306 g/mol. The van der Waals surface area contributed by atoms with Crippen LogP contribution in [0.2, 0.25) is 0 Å². The number of rotatable bonds is 4. The van der Waals surface area contributed by atoms with Crippen LogP contribution >= 0.6 is 0 Å². The minimum Gasteiger partial charge on any atom is -0.496 e. The number of benzene rings is 2. The Morgan fingerprint density at radius 2 is 1.70 bits per heavy atom. The van der Waals surface area contributed by atoms with Crippen molar-refractivity contribution in [3.05, 3.63) is 53.6 Å². The van der Waals surface area contributed by atoms with Gasteiger partial charge in [0.15, 0.2) is 0 Å². The molecule has 2 amide bonds. The first-order valence-corrected chi connectivity index (χ1v) is 6.63. The normalized spacial score (nSPS) is 10.1. The Balaban J connectivity index is 2.35. The van der Waals surface area contributed by atoms with Crippen LogP contribution in [0.5, 0.6) is 5.75 Å². The average Bonchev–Trinajstić information content (AvgIpc) is 2.50. The zero-order valence-corrected chi connectivity index (χ0v) is 12.4. The number of carbonyl (C=O) groups excluding carboxylic acids is 2. The maximum atomic E-state index is 13.6. The summed E-state index contributed by atoms with van der Waals surface area (Å²) in [5.74, 6) is -2.67. The Morgan fingerprint density at radius 3 is 2.26 bits per heavy atom. The second-order valence-electron chi connectivity index (χ2n) is 4.65.